The highest BCUT2D eigenvalue weighted by molar-refractivity contribution is 7.80. The Morgan fingerprint density at radius 3 is 2.85 bits per heavy atom. The Hall–Kier alpha value is -0.240. The van der Waals surface area contributed by atoms with Crippen LogP contribution in [-0.4, -0.2) is 35.4 Å². The molecule has 0 bridgehead atoms. The molecular weight excluding hydrogens is 182 g/mol. The summed E-state index contributed by atoms with van der Waals surface area (Å²) in [4.78, 5) is 2.28. The highest BCUT2D eigenvalue weighted by atomic mass is 32.1. The second-order valence-electron chi connectivity index (χ2n) is 3.63. The molecule has 2 atom stereocenters. The second-order valence-corrected chi connectivity index (χ2v) is 4.41. The monoisotopic (exact) mass is 199 g/mol. The number of nitrogens with zero attached hydrogens (tertiary/aromatic N) is 2. The van der Waals surface area contributed by atoms with Crippen molar-refractivity contribution >= 4 is 12.6 Å². The molecule has 1 rings (SSSR count). The first-order valence-corrected chi connectivity index (χ1v) is 5.23. The van der Waals surface area contributed by atoms with E-state index in [0.29, 0.717) is 0 Å². The number of thiol groups is 1. The molecule has 74 valence electrons. The lowest BCUT2D eigenvalue weighted by atomic mass is 10.0. The predicted molar refractivity (Wildman–Crippen MR) is 56.7 cm³/mol. The summed E-state index contributed by atoms with van der Waals surface area (Å²) >= 11 is 4.26. The summed E-state index contributed by atoms with van der Waals surface area (Å²) in [5.74, 6) is 0. The fourth-order valence-electron chi connectivity index (χ4n) is 1.80. The van der Waals surface area contributed by atoms with Gasteiger partial charge in [0, 0.05) is 18.5 Å². The minimum atomic E-state index is -0.364. The Morgan fingerprint density at radius 2 is 2.46 bits per heavy atom. The first-order chi connectivity index (χ1) is 6.12. The molecule has 1 aliphatic heterocycles. The van der Waals surface area contributed by atoms with Crippen molar-refractivity contribution in [3.8, 4) is 6.07 Å². The number of likely N-dealkylation sites (N-methyl/N-ethyl adjacent to an activating group) is 1. The van der Waals surface area contributed by atoms with E-state index in [1.807, 2.05) is 6.92 Å². The van der Waals surface area contributed by atoms with Gasteiger partial charge in [0.2, 0.25) is 0 Å². The van der Waals surface area contributed by atoms with Crippen molar-refractivity contribution in [2.45, 2.75) is 31.2 Å². The minimum absolute atomic E-state index is 0.0801. The van der Waals surface area contributed by atoms with Gasteiger partial charge in [-0.2, -0.15) is 17.9 Å². The van der Waals surface area contributed by atoms with E-state index in [9.17, 15) is 0 Å². The Kier molecular flexibility index (Phi) is 3.60. The molecule has 0 aromatic rings. The molecule has 0 amide bonds. The number of rotatable bonds is 3. The molecule has 13 heavy (non-hydrogen) atoms. The molecule has 1 aliphatic rings. The van der Waals surface area contributed by atoms with Crippen LogP contribution in [0.4, 0.5) is 0 Å². The van der Waals surface area contributed by atoms with Crippen molar-refractivity contribution in [1.82, 2.24) is 10.2 Å². The third kappa shape index (κ3) is 2.60. The predicted octanol–water partition coefficient (Wildman–Crippen LogP) is 0.840. The Labute approximate surface area is 85.5 Å². The van der Waals surface area contributed by atoms with Gasteiger partial charge in [0.1, 0.15) is 5.54 Å². The zero-order valence-corrected chi connectivity index (χ0v) is 9.14. The molecule has 0 aromatic heterocycles. The lowest BCUT2D eigenvalue weighted by Gasteiger charge is -2.24. The van der Waals surface area contributed by atoms with Crippen LogP contribution in [0.3, 0.4) is 0 Å². The molecule has 4 heteroatoms. The van der Waals surface area contributed by atoms with Gasteiger partial charge in [-0.15, -0.1) is 0 Å². The molecule has 3 nitrogen and oxygen atoms in total. The van der Waals surface area contributed by atoms with E-state index in [2.05, 4.69) is 35.8 Å². The SMILES string of the molecule is CCN1CCC(C#N)(N[C@H](C)S)C1. The van der Waals surface area contributed by atoms with Crippen molar-refractivity contribution in [2.24, 2.45) is 0 Å². The van der Waals surface area contributed by atoms with Crippen LogP contribution < -0.4 is 5.32 Å². The van der Waals surface area contributed by atoms with Crippen LogP contribution in [-0.2, 0) is 0 Å². The van der Waals surface area contributed by atoms with Crippen LogP contribution in [0, 0.1) is 11.3 Å². The summed E-state index contributed by atoms with van der Waals surface area (Å²) < 4.78 is 0. The fraction of sp³-hybridized carbons (Fsp3) is 0.889. The van der Waals surface area contributed by atoms with Crippen LogP contribution >= 0.6 is 12.6 Å². The third-order valence-corrected chi connectivity index (χ3v) is 2.62. The van der Waals surface area contributed by atoms with E-state index < -0.39 is 0 Å². The maximum absolute atomic E-state index is 9.11. The van der Waals surface area contributed by atoms with Crippen molar-refractivity contribution in [2.75, 3.05) is 19.6 Å². The van der Waals surface area contributed by atoms with E-state index in [-0.39, 0.29) is 10.9 Å². The first-order valence-electron chi connectivity index (χ1n) is 4.71. The quantitative estimate of drug-likeness (QED) is 0.522. The average Bonchev–Trinajstić information content (AvgIpc) is 2.48. The van der Waals surface area contributed by atoms with Gasteiger partial charge in [-0.1, -0.05) is 6.92 Å². The van der Waals surface area contributed by atoms with Crippen LogP contribution in [0.2, 0.25) is 0 Å². The molecule has 0 radical (unpaired) electrons. The summed E-state index contributed by atoms with van der Waals surface area (Å²) in [7, 11) is 0. The number of likely N-dealkylation sites (tertiary alicyclic amines) is 1. The molecule has 1 N–H and O–H groups in total. The maximum Gasteiger partial charge on any atom is 0.121 e. The zero-order valence-electron chi connectivity index (χ0n) is 8.25. The molecule has 0 spiro atoms. The molecule has 1 unspecified atom stereocenters. The first kappa shape index (κ1) is 10.8. The van der Waals surface area contributed by atoms with Gasteiger partial charge in [0.25, 0.3) is 0 Å². The van der Waals surface area contributed by atoms with Crippen molar-refractivity contribution in [1.29, 1.82) is 5.26 Å². The lowest BCUT2D eigenvalue weighted by molar-refractivity contribution is 0.324. The Morgan fingerprint density at radius 1 is 1.77 bits per heavy atom. The third-order valence-electron chi connectivity index (χ3n) is 2.49. The summed E-state index contributed by atoms with van der Waals surface area (Å²) in [5.41, 5.74) is -0.364. The Balaban J connectivity index is 2.58. The van der Waals surface area contributed by atoms with Gasteiger partial charge in [-0.25, -0.2) is 0 Å². The average molecular weight is 199 g/mol. The Bertz CT molecular complexity index is 211. The van der Waals surface area contributed by atoms with Gasteiger partial charge in [-0.05, 0) is 19.9 Å². The van der Waals surface area contributed by atoms with Crippen LogP contribution in [0.15, 0.2) is 0 Å². The smallest absolute Gasteiger partial charge is 0.121 e. The summed E-state index contributed by atoms with van der Waals surface area (Å²) in [6, 6.07) is 2.37. The minimum Gasteiger partial charge on any atom is -0.301 e. The topological polar surface area (TPSA) is 39.1 Å². The van der Waals surface area contributed by atoms with Crippen LogP contribution in [0.1, 0.15) is 20.3 Å². The van der Waals surface area contributed by atoms with Gasteiger partial charge < -0.3 is 4.90 Å². The molecule has 0 aliphatic carbocycles. The number of nitriles is 1. The summed E-state index contributed by atoms with van der Waals surface area (Å²) in [6.45, 7) is 6.93. The van der Waals surface area contributed by atoms with Gasteiger partial charge in [-0.3, -0.25) is 5.32 Å². The maximum atomic E-state index is 9.11. The van der Waals surface area contributed by atoms with E-state index >= 15 is 0 Å². The molecule has 1 saturated heterocycles. The molecule has 0 saturated carbocycles. The number of hydrogen-bond donors (Lipinski definition) is 2. The highest BCUT2D eigenvalue weighted by Gasteiger charge is 2.37. The largest absolute Gasteiger partial charge is 0.301 e. The van der Waals surface area contributed by atoms with Gasteiger partial charge in [0.05, 0.1) is 6.07 Å². The molecule has 1 heterocycles. The van der Waals surface area contributed by atoms with Crippen LogP contribution in [0.5, 0.6) is 0 Å². The number of nitrogens with one attached hydrogen (secondary N) is 1. The van der Waals surface area contributed by atoms with Crippen molar-refractivity contribution in [3.05, 3.63) is 0 Å². The normalized spacial score (nSPS) is 31.5. The summed E-state index contributed by atoms with van der Waals surface area (Å²) in [6.07, 6.45) is 0.905. The van der Waals surface area contributed by atoms with Crippen molar-refractivity contribution < 1.29 is 0 Å². The second kappa shape index (κ2) is 4.32. The molecular formula is C9H17N3S. The van der Waals surface area contributed by atoms with E-state index in [1.165, 1.54) is 0 Å². The molecule has 0 aromatic carbocycles. The van der Waals surface area contributed by atoms with E-state index in [0.717, 1.165) is 26.1 Å². The summed E-state index contributed by atoms with van der Waals surface area (Å²) in [5, 5.41) is 12.4. The van der Waals surface area contributed by atoms with Gasteiger partial charge in [0.15, 0.2) is 0 Å². The lowest BCUT2D eigenvalue weighted by Crippen LogP contribution is -2.48. The standard InChI is InChI=1S/C9H17N3S/c1-3-12-5-4-9(6-10,7-12)11-8(2)13/h8,11,13H,3-5,7H2,1-2H3/t8-,9?/m0/s1. The zero-order chi connectivity index (χ0) is 9.90. The highest BCUT2D eigenvalue weighted by Crippen LogP contribution is 2.21. The molecule has 1 fully saturated rings. The van der Waals surface area contributed by atoms with E-state index in [1.54, 1.807) is 0 Å². The number of hydrogen-bond acceptors (Lipinski definition) is 4. The fourth-order valence-corrected chi connectivity index (χ4v) is 2.05. The van der Waals surface area contributed by atoms with Crippen molar-refractivity contribution in [3.63, 3.8) is 0 Å². The van der Waals surface area contributed by atoms with E-state index in [4.69, 9.17) is 5.26 Å². The van der Waals surface area contributed by atoms with Crippen LogP contribution in [0.25, 0.3) is 0 Å². The van der Waals surface area contributed by atoms with Gasteiger partial charge >= 0.3 is 0 Å².